The summed E-state index contributed by atoms with van der Waals surface area (Å²) in [6.45, 7) is 4.76. The zero-order valence-corrected chi connectivity index (χ0v) is 15.6. The van der Waals surface area contributed by atoms with Crippen LogP contribution in [0.4, 0.5) is 5.69 Å². The Morgan fingerprint density at radius 2 is 1.93 bits per heavy atom. The second kappa shape index (κ2) is 8.01. The first-order valence-electron chi connectivity index (χ1n) is 8.64. The molecular weight excluding hydrogens is 344 g/mol. The maximum atomic E-state index is 12.8. The van der Waals surface area contributed by atoms with Gasteiger partial charge in [-0.25, -0.2) is 4.98 Å². The smallest absolute Gasteiger partial charge is 0.287 e. The molecule has 1 aromatic carbocycles. The van der Waals surface area contributed by atoms with E-state index in [0.717, 1.165) is 11.1 Å². The number of aryl methyl sites for hydroxylation is 2. The Morgan fingerprint density at radius 3 is 2.67 bits per heavy atom. The van der Waals surface area contributed by atoms with Gasteiger partial charge in [0.1, 0.15) is 0 Å². The number of methoxy groups -OCH3 is 1. The second-order valence-electron chi connectivity index (χ2n) is 6.24. The maximum absolute atomic E-state index is 12.8. The third-order valence-electron chi connectivity index (χ3n) is 4.32. The van der Waals surface area contributed by atoms with Crippen molar-refractivity contribution in [3.8, 4) is 0 Å². The number of rotatable bonds is 6. The van der Waals surface area contributed by atoms with Gasteiger partial charge in [0, 0.05) is 25.5 Å². The normalized spacial score (nSPS) is 10.8. The highest BCUT2D eigenvalue weighted by molar-refractivity contribution is 6.09. The van der Waals surface area contributed by atoms with Crippen molar-refractivity contribution in [2.75, 3.05) is 25.6 Å². The van der Waals surface area contributed by atoms with E-state index in [0.29, 0.717) is 24.4 Å². The van der Waals surface area contributed by atoms with Gasteiger partial charge in [-0.1, -0.05) is 12.1 Å². The molecule has 7 heteroatoms. The van der Waals surface area contributed by atoms with Crippen LogP contribution in [0.5, 0.6) is 0 Å². The Labute approximate surface area is 157 Å². The van der Waals surface area contributed by atoms with Crippen molar-refractivity contribution in [2.45, 2.75) is 13.8 Å². The zero-order chi connectivity index (χ0) is 19.4. The van der Waals surface area contributed by atoms with Gasteiger partial charge in [0.25, 0.3) is 11.8 Å². The van der Waals surface area contributed by atoms with Crippen LogP contribution in [0.25, 0.3) is 5.52 Å². The number of carbonyl (C=O) groups excluding carboxylic acids is 2. The number of nitrogens with one attached hydrogen (secondary N) is 2. The second-order valence-corrected chi connectivity index (χ2v) is 6.24. The molecule has 0 spiro atoms. The van der Waals surface area contributed by atoms with Crippen molar-refractivity contribution >= 4 is 23.0 Å². The van der Waals surface area contributed by atoms with Gasteiger partial charge in [-0.3, -0.25) is 14.0 Å². The fourth-order valence-corrected chi connectivity index (χ4v) is 2.72. The lowest BCUT2D eigenvalue weighted by atomic mass is 10.1. The molecule has 140 valence electrons. The molecule has 0 atom stereocenters. The number of amides is 2. The Kier molecular flexibility index (Phi) is 5.52. The number of hydrogen-bond acceptors (Lipinski definition) is 4. The summed E-state index contributed by atoms with van der Waals surface area (Å²) in [5.41, 5.74) is 3.68. The molecule has 0 bridgehead atoms. The van der Waals surface area contributed by atoms with Crippen LogP contribution in [0.2, 0.25) is 0 Å². The van der Waals surface area contributed by atoms with Crippen molar-refractivity contribution in [2.24, 2.45) is 0 Å². The van der Waals surface area contributed by atoms with E-state index in [2.05, 4.69) is 15.6 Å². The lowest BCUT2D eigenvalue weighted by Gasteiger charge is -2.06. The van der Waals surface area contributed by atoms with Crippen molar-refractivity contribution in [1.82, 2.24) is 14.7 Å². The highest BCUT2D eigenvalue weighted by atomic mass is 16.5. The standard InChI is InChI=1S/C20H22N4O3/c1-13-7-8-15(12-14(13)2)22-19(25)17-16-6-4-5-10-24(16)18(23-17)20(26)21-9-11-27-3/h4-8,10,12H,9,11H2,1-3H3,(H,21,26)(H,22,25). The van der Waals surface area contributed by atoms with Gasteiger partial charge < -0.3 is 15.4 Å². The predicted octanol–water partition coefficient (Wildman–Crippen LogP) is 2.58. The van der Waals surface area contributed by atoms with E-state index in [1.807, 2.05) is 32.0 Å². The van der Waals surface area contributed by atoms with Crippen LogP contribution in [0.15, 0.2) is 42.6 Å². The molecule has 0 saturated carbocycles. The molecule has 0 aliphatic carbocycles. The Hall–Kier alpha value is -3.19. The molecule has 27 heavy (non-hydrogen) atoms. The summed E-state index contributed by atoms with van der Waals surface area (Å²) in [5.74, 6) is -0.566. The number of benzene rings is 1. The van der Waals surface area contributed by atoms with Crippen LogP contribution in [0, 0.1) is 13.8 Å². The minimum absolute atomic E-state index is 0.159. The summed E-state index contributed by atoms with van der Waals surface area (Å²) in [5, 5.41) is 5.59. The average molecular weight is 366 g/mol. The van der Waals surface area contributed by atoms with Crippen molar-refractivity contribution in [3.05, 3.63) is 65.2 Å². The van der Waals surface area contributed by atoms with E-state index in [1.165, 1.54) is 0 Å². The molecule has 0 radical (unpaired) electrons. The molecule has 3 aromatic rings. The van der Waals surface area contributed by atoms with Crippen LogP contribution in [0.3, 0.4) is 0 Å². The lowest BCUT2D eigenvalue weighted by Crippen LogP contribution is -2.28. The van der Waals surface area contributed by atoms with Gasteiger partial charge in [0.15, 0.2) is 5.69 Å². The minimum Gasteiger partial charge on any atom is -0.383 e. The summed E-state index contributed by atoms with van der Waals surface area (Å²) in [6.07, 6.45) is 1.71. The van der Waals surface area contributed by atoms with E-state index in [1.54, 1.807) is 35.9 Å². The number of fused-ring (bicyclic) bond motifs is 1. The third-order valence-corrected chi connectivity index (χ3v) is 4.32. The van der Waals surface area contributed by atoms with E-state index in [-0.39, 0.29) is 23.3 Å². The first-order valence-corrected chi connectivity index (χ1v) is 8.64. The molecule has 2 heterocycles. The maximum Gasteiger partial charge on any atom is 0.287 e. The zero-order valence-electron chi connectivity index (χ0n) is 15.6. The fraction of sp³-hybridized carbons (Fsp3) is 0.250. The van der Waals surface area contributed by atoms with Gasteiger partial charge in [-0.05, 0) is 49.2 Å². The number of aromatic nitrogens is 2. The van der Waals surface area contributed by atoms with E-state index in [4.69, 9.17) is 4.74 Å². The summed E-state index contributed by atoms with van der Waals surface area (Å²) in [4.78, 5) is 29.5. The van der Waals surface area contributed by atoms with E-state index >= 15 is 0 Å². The van der Waals surface area contributed by atoms with Gasteiger partial charge in [0.05, 0.1) is 12.1 Å². The molecule has 3 rings (SSSR count). The number of nitrogens with zero attached hydrogens (tertiary/aromatic N) is 2. The number of pyridine rings is 1. The molecule has 2 N–H and O–H groups in total. The molecule has 0 saturated heterocycles. The van der Waals surface area contributed by atoms with Crippen molar-refractivity contribution in [1.29, 1.82) is 0 Å². The molecule has 2 aromatic heterocycles. The topological polar surface area (TPSA) is 84.7 Å². The number of hydrogen-bond donors (Lipinski definition) is 2. The number of carbonyl (C=O) groups is 2. The average Bonchev–Trinajstić information content (AvgIpc) is 3.05. The monoisotopic (exact) mass is 366 g/mol. The quantitative estimate of drug-likeness (QED) is 0.657. The van der Waals surface area contributed by atoms with Crippen molar-refractivity contribution in [3.63, 3.8) is 0 Å². The highest BCUT2D eigenvalue weighted by Crippen LogP contribution is 2.18. The summed E-state index contributed by atoms with van der Waals surface area (Å²) < 4.78 is 6.55. The van der Waals surface area contributed by atoms with Gasteiger partial charge in [-0.2, -0.15) is 0 Å². The summed E-state index contributed by atoms with van der Waals surface area (Å²) in [7, 11) is 1.56. The lowest BCUT2D eigenvalue weighted by molar-refractivity contribution is 0.0926. The van der Waals surface area contributed by atoms with Crippen LogP contribution in [-0.2, 0) is 4.74 Å². The van der Waals surface area contributed by atoms with E-state index in [9.17, 15) is 9.59 Å². The molecule has 7 nitrogen and oxygen atoms in total. The molecule has 0 aliphatic heterocycles. The summed E-state index contributed by atoms with van der Waals surface area (Å²) in [6, 6.07) is 11.0. The van der Waals surface area contributed by atoms with Crippen molar-refractivity contribution < 1.29 is 14.3 Å². The molecule has 0 fully saturated rings. The van der Waals surface area contributed by atoms with Crippen LogP contribution >= 0.6 is 0 Å². The van der Waals surface area contributed by atoms with E-state index < -0.39 is 0 Å². The Morgan fingerprint density at radius 1 is 1.11 bits per heavy atom. The Bertz CT molecular complexity index is 994. The minimum atomic E-state index is -0.363. The van der Waals surface area contributed by atoms with Crippen LogP contribution in [-0.4, -0.2) is 41.5 Å². The number of anilines is 1. The summed E-state index contributed by atoms with van der Waals surface area (Å²) >= 11 is 0. The van der Waals surface area contributed by atoms with Crippen LogP contribution < -0.4 is 10.6 Å². The first-order chi connectivity index (χ1) is 13.0. The third kappa shape index (κ3) is 3.98. The Balaban J connectivity index is 1.90. The number of ether oxygens (including phenoxy) is 1. The molecular formula is C20H22N4O3. The predicted molar refractivity (Wildman–Crippen MR) is 103 cm³/mol. The molecule has 0 aliphatic rings. The SMILES string of the molecule is COCCNC(=O)c1nc(C(=O)Nc2ccc(C)c(C)c2)c2ccccn12. The van der Waals surface area contributed by atoms with Crippen LogP contribution in [0.1, 0.15) is 32.2 Å². The molecule has 2 amide bonds. The fourth-order valence-electron chi connectivity index (χ4n) is 2.72. The largest absolute Gasteiger partial charge is 0.383 e. The highest BCUT2D eigenvalue weighted by Gasteiger charge is 2.21. The first kappa shape index (κ1) is 18.6. The molecule has 0 unspecified atom stereocenters. The number of imidazole rings is 1. The van der Waals surface area contributed by atoms with Gasteiger partial charge in [0.2, 0.25) is 5.82 Å². The van der Waals surface area contributed by atoms with Gasteiger partial charge >= 0.3 is 0 Å². The van der Waals surface area contributed by atoms with Gasteiger partial charge in [-0.15, -0.1) is 0 Å².